The van der Waals surface area contributed by atoms with Gasteiger partial charge >= 0.3 is 0 Å². The predicted octanol–water partition coefficient (Wildman–Crippen LogP) is 3.97. The van der Waals surface area contributed by atoms with Crippen LogP contribution in [-0.4, -0.2) is 33.7 Å². The summed E-state index contributed by atoms with van der Waals surface area (Å²) in [6.07, 6.45) is 1.04. The zero-order chi connectivity index (χ0) is 21.9. The van der Waals surface area contributed by atoms with Gasteiger partial charge in [0.25, 0.3) is 0 Å². The molecule has 3 aromatic rings. The van der Waals surface area contributed by atoms with Crippen LogP contribution < -0.4 is 14.4 Å². The zero-order valence-electron chi connectivity index (χ0n) is 16.9. The van der Waals surface area contributed by atoms with Crippen LogP contribution in [0.25, 0.3) is 10.8 Å². The summed E-state index contributed by atoms with van der Waals surface area (Å²) in [4.78, 5) is 12.8. The van der Waals surface area contributed by atoms with Gasteiger partial charge in [0.15, 0.2) is 0 Å². The van der Waals surface area contributed by atoms with Crippen LogP contribution in [0.1, 0.15) is 12.5 Å². The number of ether oxygens (including phenoxy) is 1. The Morgan fingerprint density at radius 3 is 2.47 bits per heavy atom. The van der Waals surface area contributed by atoms with E-state index >= 15 is 0 Å². The Labute approximate surface area is 181 Å². The number of anilines is 1. The first-order valence-electron chi connectivity index (χ1n) is 9.29. The van der Waals surface area contributed by atoms with E-state index in [9.17, 15) is 13.2 Å². The van der Waals surface area contributed by atoms with Gasteiger partial charge in [0.05, 0.1) is 19.1 Å². The maximum atomic E-state index is 12.8. The normalized spacial score (nSPS) is 12.4. The molecule has 0 aromatic heterocycles. The van der Waals surface area contributed by atoms with E-state index in [2.05, 4.69) is 5.32 Å². The molecule has 0 aliphatic carbocycles. The maximum Gasteiger partial charge on any atom is 0.243 e. The highest BCUT2D eigenvalue weighted by atomic mass is 35.5. The first-order chi connectivity index (χ1) is 14.2. The number of carbonyl (C=O) groups excluding carboxylic acids is 1. The number of sulfonamides is 1. The Morgan fingerprint density at radius 1 is 1.10 bits per heavy atom. The average molecular weight is 447 g/mol. The summed E-state index contributed by atoms with van der Waals surface area (Å²) in [6, 6.07) is 17.5. The van der Waals surface area contributed by atoms with Crippen molar-refractivity contribution in [3.63, 3.8) is 0 Å². The molecule has 0 aliphatic rings. The molecule has 0 fully saturated rings. The molecule has 0 saturated heterocycles. The third-order valence-electron chi connectivity index (χ3n) is 4.75. The fraction of sp³-hybridized carbons (Fsp3) is 0.227. The fourth-order valence-corrected chi connectivity index (χ4v) is 4.64. The number of fused-ring (bicyclic) bond motifs is 1. The van der Waals surface area contributed by atoms with Crippen LogP contribution in [-0.2, 0) is 21.4 Å². The van der Waals surface area contributed by atoms with Gasteiger partial charge in [-0.15, -0.1) is 0 Å². The third-order valence-corrected chi connectivity index (χ3v) is 6.21. The number of amides is 1. The van der Waals surface area contributed by atoms with E-state index in [1.54, 1.807) is 12.1 Å². The lowest BCUT2D eigenvalue weighted by Gasteiger charge is -2.29. The standard InChI is InChI=1S/C22H23ClN2O4S/c1-15(25(30(3,27)28)20-13-19(23)10-11-21(20)29-2)22(26)24-14-16-8-9-17-6-4-5-7-18(17)12-16/h4-13,15H,14H2,1-3H3,(H,24,26). The number of hydrogen-bond acceptors (Lipinski definition) is 4. The van der Waals surface area contributed by atoms with Crippen molar-refractivity contribution in [1.82, 2.24) is 5.32 Å². The Hall–Kier alpha value is -2.77. The first kappa shape index (κ1) is 21.9. The molecule has 158 valence electrons. The molecule has 1 amide bonds. The summed E-state index contributed by atoms with van der Waals surface area (Å²) in [7, 11) is -2.36. The minimum atomic E-state index is -3.79. The van der Waals surface area contributed by atoms with Crippen LogP contribution in [0.2, 0.25) is 5.02 Å². The molecule has 0 bridgehead atoms. The highest BCUT2D eigenvalue weighted by molar-refractivity contribution is 7.92. The number of carbonyl (C=O) groups is 1. The lowest BCUT2D eigenvalue weighted by Crippen LogP contribution is -2.47. The molecule has 1 unspecified atom stereocenters. The summed E-state index contributed by atoms with van der Waals surface area (Å²) in [5, 5.41) is 5.33. The highest BCUT2D eigenvalue weighted by Crippen LogP contribution is 2.34. The van der Waals surface area contributed by atoms with Crippen molar-refractivity contribution in [3.05, 3.63) is 71.2 Å². The number of rotatable bonds is 7. The van der Waals surface area contributed by atoms with Crippen molar-refractivity contribution >= 4 is 44.0 Å². The predicted molar refractivity (Wildman–Crippen MR) is 121 cm³/mol. The van der Waals surface area contributed by atoms with E-state index in [1.165, 1.54) is 20.1 Å². The van der Waals surface area contributed by atoms with Crippen molar-refractivity contribution in [3.8, 4) is 5.75 Å². The van der Waals surface area contributed by atoms with Gasteiger partial charge in [-0.3, -0.25) is 9.10 Å². The van der Waals surface area contributed by atoms with Crippen LogP contribution in [0.5, 0.6) is 5.75 Å². The second-order valence-corrected chi connectivity index (χ2v) is 9.25. The van der Waals surface area contributed by atoms with Crippen LogP contribution in [0.3, 0.4) is 0 Å². The topological polar surface area (TPSA) is 75.7 Å². The van der Waals surface area contributed by atoms with E-state index in [-0.39, 0.29) is 12.2 Å². The van der Waals surface area contributed by atoms with E-state index < -0.39 is 22.0 Å². The van der Waals surface area contributed by atoms with E-state index in [4.69, 9.17) is 16.3 Å². The van der Waals surface area contributed by atoms with Crippen molar-refractivity contribution in [1.29, 1.82) is 0 Å². The maximum absolute atomic E-state index is 12.8. The van der Waals surface area contributed by atoms with Crippen LogP contribution in [0.4, 0.5) is 5.69 Å². The molecule has 0 saturated carbocycles. The lowest BCUT2D eigenvalue weighted by molar-refractivity contribution is -0.122. The molecular formula is C22H23ClN2O4S. The van der Waals surface area contributed by atoms with Crippen molar-refractivity contribution < 1.29 is 17.9 Å². The van der Waals surface area contributed by atoms with Gasteiger partial charge in [-0.2, -0.15) is 0 Å². The average Bonchev–Trinajstić information content (AvgIpc) is 2.71. The third kappa shape index (κ3) is 4.86. The van der Waals surface area contributed by atoms with Crippen molar-refractivity contribution in [2.75, 3.05) is 17.7 Å². The van der Waals surface area contributed by atoms with E-state index in [0.29, 0.717) is 10.8 Å². The summed E-state index contributed by atoms with van der Waals surface area (Å²) >= 11 is 6.06. The second kappa shape index (κ2) is 8.93. The largest absolute Gasteiger partial charge is 0.495 e. The summed E-state index contributed by atoms with van der Waals surface area (Å²) in [6.45, 7) is 1.80. The second-order valence-electron chi connectivity index (χ2n) is 6.95. The van der Waals surface area contributed by atoms with Gasteiger partial charge in [0.2, 0.25) is 15.9 Å². The van der Waals surface area contributed by atoms with E-state index in [1.807, 2.05) is 42.5 Å². The summed E-state index contributed by atoms with van der Waals surface area (Å²) < 4.78 is 31.4. The SMILES string of the molecule is COc1ccc(Cl)cc1N(C(C)C(=O)NCc1ccc2ccccc2c1)S(C)(=O)=O. The number of nitrogens with zero attached hydrogens (tertiary/aromatic N) is 1. The molecule has 0 heterocycles. The molecule has 0 radical (unpaired) electrons. The molecule has 3 aromatic carbocycles. The minimum Gasteiger partial charge on any atom is -0.495 e. The lowest BCUT2D eigenvalue weighted by atomic mass is 10.1. The van der Waals surface area contributed by atoms with Gasteiger partial charge in [0.1, 0.15) is 11.8 Å². The van der Waals surface area contributed by atoms with Crippen molar-refractivity contribution in [2.24, 2.45) is 0 Å². The van der Waals surface area contributed by atoms with Crippen molar-refractivity contribution in [2.45, 2.75) is 19.5 Å². The zero-order valence-corrected chi connectivity index (χ0v) is 18.5. The van der Waals surface area contributed by atoms with Gasteiger partial charge in [-0.25, -0.2) is 8.42 Å². The molecular weight excluding hydrogens is 424 g/mol. The molecule has 1 N–H and O–H groups in total. The monoisotopic (exact) mass is 446 g/mol. The van der Waals surface area contributed by atoms with Gasteiger partial charge in [-0.05, 0) is 47.5 Å². The van der Waals surface area contributed by atoms with Crippen LogP contribution in [0, 0.1) is 0 Å². The van der Waals surface area contributed by atoms with Crippen LogP contribution in [0.15, 0.2) is 60.7 Å². The molecule has 30 heavy (non-hydrogen) atoms. The highest BCUT2D eigenvalue weighted by Gasteiger charge is 2.31. The summed E-state index contributed by atoms with van der Waals surface area (Å²) in [5.74, 6) is -0.130. The molecule has 8 heteroatoms. The molecule has 3 rings (SSSR count). The molecule has 1 atom stereocenters. The Kier molecular flexibility index (Phi) is 6.53. The molecule has 6 nitrogen and oxygen atoms in total. The minimum absolute atomic E-state index is 0.209. The number of halogens is 1. The number of methoxy groups -OCH3 is 1. The van der Waals surface area contributed by atoms with Gasteiger partial charge in [-0.1, -0.05) is 48.0 Å². The molecule has 0 aliphatic heterocycles. The smallest absolute Gasteiger partial charge is 0.243 e. The Balaban J connectivity index is 1.83. The fourth-order valence-electron chi connectivity index (χ4n) is 3.30. The Bertz CT molecular complexity index is 1180. The summed E-state index contributed by atoms with van der Waals surface area (Å²) in [5.41, 5.74) is 1.13. The van der Waals surface area contributed by atoms with Crippen LogP contribution >= 0.6 is 11.6 Å². The van der Waals surface area contributed by atoms with Gasteiger partial charge < -0.3 is 10.1 Å². The number of nitrogens with one attached hydrogen (secondary N) is 1. The number of hydrogen-bond donors (Lipinski definition) is 1. The Morgan fingerprint density at radius 2 is 1.80 bits per heavy atom. The quantitative estimate of drug-likeness (QED) is 0.595. The first-order valence-corrected chi connectivity index (χ1v) is 11.5. The number of benzene rings is 3. The van der Waals surface area contributed by atoms with Gasteiger partial charge in [0, 0.05) is 11.6 Å². The van der Waals surface area contributed by atoms with E-state index in [0.717, 1.165) is 26.9 Å². The molecule has 0 spiro atoms.